The average Bonchev–Trinajstić information content (AvgIpc) is 2.32. The molecule has 0 aliphatic rings. The predicted octanol–water partition coefficient (Wildman–Crippen LogP) is 3.80. The Labute approximate surface area is 105 Å². The third-order valence-electron chi connectivity index (χ3n) is 2.53. The summed E-state index contributed by atoms with van der Waals surface area (Å²) < 4.78 is 4.65. The van der Waals surface area contributed by atoms with Crippen LogP contribution in [-0.4, -0.2) is 19.3 Å². The Morgan fingerprint density at radius 1 is 0.941 bits per heavy atom. The van der Waals surface area contributed by atoms with Crippen LogP contribution in [0.15, 0.2) is 0 Å². The van der Waals surface area contributed by atoms with E-state index in [1.807, 2.05) is 0 Å². The van der Waals surface area contributed by atoms with E-state index in [9.17, 15) is 4.79 Å². The first-order chi connectivity index (χ1) is 8.31. The molecule has 0 radical (unpaired) electrons. The molecule has 0 aromatic carbocycles. The van der Waals surface area contributed by atoms with Gasteiger partial charge in [0.05, 0.1) is 13.2 Å². The quantitative estimate of drug-likeness (QED) is 0.445. The third kappa shape index (κ3) is 13.2. The summed E-state index contributed by atoms with van der Waals surface area (Å²) in [6.45, 7) is 4.92. The maximum Gasteiger partial charge on any atom is 0.431 e. The van der Waals surface area contributed by atoms with Gasteiger partial charge < -0.3 is 4.74 Å². The van der Waals surface area contributed by atoms with Crippen molar-refractivity contribution in [3.8, 4) is 0 Å². The summed E-state index contributed by atoms with van der Waals surface area (Å²) >= 11 is 0. The number of carbonyl (C=O) groups excluding carboxylic acids is 1. The van der Waals surface area contributed by atoms with Crippen molar-refractivity contribution in [2.24, 2.45) is 0 Å². The van der Waals surface area contributed by atoms with Crippen molar-refractivity contribution in [1.82, 2.24) is 5.48 Å². The summed E-state index contributed by atoms with van der Waals surface area (Å²) in [5.41, 5.74) is 2.24. The first kappa shape index (κ1) is 16.2. The lowest BCUT2D eigenvalue weighted by Crippen LogP contribution is -2.24. The Bertz CT molecular complexity index is 174. The van der Waals surface area contributed by atoms with Crippen LogP contribution in [0.2, 0.25) is 0 Å². The van der Waals surface area contributed by atoms with Crippen LogP contribution in [0.5, 0.6) is 0 Å². The van der Waals surface area contributed by atoms with Crippen molar-refractivity contribution in [3.05, 3.63) is 0 Å². The average molecular weight is 245 g/mol. The molecular formula is C13H27NO3. The molecule has 0 bridgehead atoms. The highest BCUT2D eigenvalue weighted by Crippen LogP contribution is 2.08. The van der Waals surface area contributed by atoms with Crippen molar-refractivity contribution >= 4 is 6.09 Å². The van der Waals surface area contributed by atoms with Crippen molar-refractivity contribution < 1.29 is 14.4 Å². The van der Waals surface area contributed by atoms with Crippen molar-refractivity contribution in [3.63, 3.8) is 0 Å². The van der Waals surface area contributed by atoms with Crippen LogP contribution in [0.4, 0.5) is 4.79 Å². The van der Waals surface area contributed by atoms with Gasteiger partial charge in [0.25, 0.3) is 0 Å². The number of rotatable bonds is 11. The minimum absolute atomic E-state index is 0.368. The maximum atomic E-state index is 10.8. The van der Waals surface area contributed by atoms with Gasteiger partial charge in [-0.25, -0.2) is 4.79 Å². The van der Waals surface area contributed by atoms with Gasteiger partial charge >= 0.3 is 6.09 Å². The zero-order chi connectivity index (χ0) is 12.8. The van der Waals surface area contributed by atoms with Gasteiger partial charge in [0, 0.05) is 0 Å². The Hall–Kier alpha value is -0.770. The van der Waals surface area contributed by atoms with E-state index in [0.717, 1.165) is 12.8 Å². The molecule has 0 aromatic rings. The molecule has 0 saturated heterocycles. The molecule has 0 saturated carbocycles. The van der Waals surface area contributed by atoms with Gasteiger partial charge in [-0.1, -0.05) is 51.9 Å². The fraction of sp³-hybridized carbons (Fsp3) is 0.923. The third-order valence-corrected chi connectivity index (χ3v) is 2.53. The van der Waals surface area contributed by atoms with Gasteiger partial charge in [-0.05, 0) is 13.3 Å². The number of hydrogen-bond donors (Lipinski definition) is 1. The number of amides is 1. The van der Waals surface area contributed by atoms with Crippen LogP contribution in [0.25, 0.3) is 0 Å². The maximum absolute atomic E-state index is 10.8. The molecule has 4 nitrogen and oxygen atoms in total. The minimum atomic E-state index is -0.507. The van der Waals surface area contributed by atoms with E-state index in [0.29, 0.717) is 13.2 Å². The lowest BCUT2D eigenvalue weighted by Gasteiger charge is -2.05. The van der Waals surface area contributed by atoms with E-state index in [1.165, 1.54) is 38.5 Å². The van der Waals surface area contributed by atoms with E-state index in [4.69, 9.17) is 4.84 Å². The first-order valence-corrected chi connectivity index (χ1v) is 6.85. The second kappa shape index (κ2) is 13.3. The molecule has 0 rings (SSSR count). The summed E-state index contributed by atoms with van der Waals surface area (Å²) in [5.74, 6) is 0. The number of nitrogens with one attached hydrogen (secondary N) is 1. The summed E-state index contributed by atoms with van der Waals surface area (Å²) in [5, 5.41) is 0. The normalized spacial score (nSPS) is 10.2. The number of hydroxylamine groups is 1. The van der Waals surface area contributed by atoms with Gasteiger partial charge in [0.2, 0.25) is 0 Å². The largest absolute Gasteiger partial charge is 0.448 e. The van der Waals surface area contributed by atoms with Crippen LogP contribution >= 0.6 is 0 Å². The number of ether oxygens (including phenoxy) is 1. The van der Waals surface area contributed by atoms with Crippen molar-refractivity contribution in [1.29, 1.82) is 0 Å². The standard InChI is InChI=1S/C13H27NO3/c1-3-5-6-7-8-9-10-11-12-17-14-13(15)16-4-2/h3-12H2,1-2H3,(H,14,15). The molecule has 0 aliphatic carbocycles. The summed E-state index contributed by atoms with van der Waals surface area (Å²) in [6.07, 6.45) is 9.56. The molecule has 102 valence electrons. The molecule has 0 heterocycles. The highest BCUT2D eigenvalue weighted by Gasteiger charge is 1.98. The van der Waals surface area contributed by atoms with Gasteiger partial charge in [-0.3, -0.25) is 4.84 Å². The molecule has 0 atom stereocenters. The molecule has 0 fully saturated rings. The molecule has 1 N–H and O–H groups in total. The van der Waals surface area contributed by atoms with Crippen molar-refractivity contribution in [2.45, 2.75) is 65.2 Å². The predicted molar refractivity (Wildman–Crippen MR) is 68.7 cm³/mol. The summed E-state index contributed by atoms with van der Waals surface area (Å²) in [4.78, 5) is 15.8. The zero-order valence-corrected chi connectivity index (χ0v) is 11.3. The highest BCUT2D eigenvalue weighted by molar-refractivity contribution is 5.65. The van der Waals surface area contributed by atoms with Gasteiger partial charge in [0.15, 0.2) is 0 Å². The monoisotopic (exact) mass is 245 g/mol. The van der Waals surface area contributed by atoms with Gasteiger partial charge in [-0.15, -0.1) is 0 Å². The van der Waals surface area contributed by atoms with Crippen LogP contribution < -0.4 is 5.48 Å². The lowest BCUT2D eigenvalue weighted by molar-refractivity contribution is 0.0277. The first-order valence-electron chi connectivity index (χ1n) is 6.85. The lowest BCUT2D eigenvalue weighted by atomic mass is 10.1. The minimum Gasteiger partial charge on any atom is -0.448 e. The van der Waals surface area contributed by atoms with E-state index in [1.54, 1.807) is 6.92 Å². The fourth-order valence-electron chi connectivity index (χ4n) is 1.58. The molecule has 17 heavy (non-hydrogen) atoms. The second-order valence-electron chi connectivity index (χ2n) is 4.15. The fourth-order valence-corrected chi connectivity index (χ4v) is 1.58. The molecule has 0 aliphatic heterocycles. The van der Waals surface area contributed by atoms with Crippen molar-refractivity contribution in [2.75, 3.05) is 13.2 Å². The van der Waals surface area contributed by atoms with Gasteiger partial charge in [0.1, 0.15) is 0 Å². The van der Waals surface area contributed by atoms with Gasteiger partial charge in [-0.2, -0.15) is 5.48 Å². The Morgan fingerprint density at radius 2 is 1.53 bits per heavy atom. The second-order valence-corrected chi connectivity index (χ2v) is 4.15. The van der Waals surface area contributed by atoms with E-state index >= 15 is 0 Å². The Morgan fingerprint density at radius 3 is 2.12 bits per heavy atom. The number of hydrogen-bond acceptors (Lipinski definition) is 3. The van der Waals surface area contributed by atoms with Crippen LogP contribution in [0, 0.1) is 0 Å². The van der Waals surface area contributed by atoms with E-state index in [-0.39, 0.29) is 0 Å². The number of carbonyl (C=O) groups is 1. The molecule has 1 amide bonds. The molecular weight excluding hydrogens is 218 g/mol. The van der Waals surface area contributed by atoms with Crippen LogP contribution in [0.3, 0.4) is 0 Å². The summed E-state index contributed by atoms with van der Waals surface area (Å²) in [7, 11) is 0. The molecule has 0 spiro atoms. The van der Waals surface area contributed by atoms with Crippen LogP contribution in [0.1, 0.15) is 65.2 Å². The number of unbranched alkanes of at least 4 members (excludes halogenated alkanes) is 7. The van der Waals surface area contributed by atoms with E-state index < -0.39 is 6.09 Å². The Kier molecular flexibility index (Phi) is 12.7. The SMILES string of the molecule is CCCCCCCCCCONC(=O)OCC. The molecule has 0 aromatic heterocycles. The molecule has 4 heteroatoms. The smallest absolute Gasteiger partial charge is 0.431 e. The zero-order valence-electron chi connectivity index (χ0n) is 11.3. The van der Waals surface area contributed by atoms with E-state index in [2.05, 4.69) is 17.1 Å². The highest BCUT2D eigenvalue weighted by atomic mass is 16.7. The molecule has 0 unspecified atom stereocenters. The topological polar surface area (TPSA) is 47.6 Å². The summed E-state index contributed by atoms with van der Waals surface area (Å²) in [6, 6.07) is 0. The Balaban J connectivity index is 3.01. The van der Waals surface area contributed by atoms with Crippen LogP contribution in [-0.2, 0) is 9.57 Å².